The lowest BCUT2D eigenvalue weighted by atomic mass is 10.1. The van der Waals surface area contributed by atoms with Gasteiger partial charge in [-0.25, -0.2) is 13.2 Å². The van der Waals surface area contributed by atoms with Crippen LogP contribution in [-0.2, 0) is 16.3 Å². The number of para-hydroxylation sites is 1. The SMILES string of the molecule is O=C(O)c1ccccc1Oc1cccc(S(=O)(=O)c2ccc(CCNC[C@H](O)c3cccc(Cl)c3)cc2)c1. The molecule has 38 heavy (non-hydrogen) atoms. The number of halogens is 1. The van der Waals surface area contributed by atoms with E-state index in [0.717, 1.165) is 11.1 Å². The van der Waals surface area contributed by atoms with Crippen molar-refractivity contribution in [2.75, 3.05) is 13.1 Å². The van der Waals surface area contributed by atoms with Crippen LogP contribution in [0.2, 0.25) is 5.02 Å². The molecule has 9 heteroatoms. The third-order valence-corrected chi connectivity index (χ3v) is 7.86. The van der Waals surface area contributed by atoms with E-state index in [1.165, 1.54) is 24.3 Å². The van der Waals surface area contributed by atoms with Crippen molar-refractivity contribution in [3.8, 4) is 11.5 Å². The van der Waals surface area contributed by atoms with Gasteiger partial charge in [0, 0.05) is 11.6 Å². The summed E-state index contributed by atoms with van der Waals surface area (Å²) in [5.41, 5.74) is 1.65. The zero-order chi connectivity index (χ0) is 27.1. The van der Waals surface area contributed by atoms with Crippen molar-refractivity contribution in [2.45, 2.75) is 22.3 Å². The molecule has 0 aliphatic carbocycles. The van der Waals surface area contributed by atoms with Crippen LogP contribution in [0.3, 0.4) is 0 Å². The van der Waals surface area contributed by atoms with Gasteiger partial charge in [0.05, 0.1) is 15.9 Å². The number of hydrogen-bond donors (Lipinski definition) is 3. The van der Waals surface area contributed by atoms with E-state index in [1.54, 1.807) is 66.7 Å². The number of carboxylic acids is 1. The third kappa shape index (κ3) is 6.79. The summed E-state index contributed by atoms with van der Waals surface area (Å²) in [5.74, 6) is -0.813. The summed E-state index contributed by atoms with van der Waals surface area (Å²) in [7, 11) is -3.82. The van der Waals surface area contributed by atoms with Gasteiger partial charge in [0.15, 0.2) is 0 Å². The number of rotatable bonds is 11. The fourth-order valence-electron chi connectivity index (χ4n) is 3.84. The molecule has 0 aliphatic heterocycles. The molecule has 4 rings (SSSR count). The van der Waals surface area contributed by atoms with Gasteiger partial charge in [-0.3, -0.25) is 0 Å². The lowest BCUT2D eigenvalue weighted by Crippen LogP contribution is -2.23. The summed E-state index contributed by atoms with van der Waals surface area (Å²) in [6.07, 6.45) is -0.0342. The van der Waals surface area contributed by atoms with Gasteiger partial charge in [-0.2, -0.15) is 0 Å². The minimum absolute atomic E-state index is 0.0233. The number of ether oxygens (including phenoxy) is 1. The monoisotopic (exact) mass is 551 g/mol. The van der Waals surface area contributed by atoms with Gasteiger partial charge in [-0.1, -0.05) is 54.1 Å². The smallest absolute Gasteiger partial charge is 0.339 e. The molecule has 196 valence electrons. The molecule has 0 aromatic heterocycles. The van der Waals surface area contributed by atoms with Crippen LogP contribution in [0.4, 0.5) is 0 Å². The van der Waals surface area contributed by atoms with E-state index in [1.807, 2.05) is 6.07 Å². The maximum Gasteiger partial charge on any atom is 0.339 e. The molecule has 0 aliphatic rings. The van der Waals surface area contributed by atoms with E-state index >= 15 is 0 Å². The molecule has 0 bridgehead atoms. The zero-order valence-electron chi connectivity index (χ0n) is 20.2. The van der Waals surface area contributed by atoms with E-state index in [-0.39, 0.29) is 26.9 Å². The summed E-state index contributed by atoms with van der Waals surface area (Å²) in [6, 6.07) is 25.8. The Bertz CT molecular complexity index is 1520. The molecule has 4 aromatic carbocycles. The van der Waals surface area contributed by atoms with Crippen LogP contribution < -0.4 is 10.1 Å². The average Bonchev–Trinajstić information content (AvgIpc) is 2.91. The van der Waals surface area contributed by atoms with Crippen LogP contribution >= 0.6 is 11.6 Å². The van der Waals surface area contributed by atoms with Crippen LogP contribution in [-0.4, -0.2) is 37.7 Å². The maximum atomic E-state index is 13.2. The third-order valence-electron chi connectivity index (χ3n) is 5.86. The number of sulfone groups is 1. The van der Waals surface area contributed by atoms with Crippen molar-refractivity contribution in [1.29, 1.82) is 0 Å². The molecule has 7 nitrogen and oxygen atoms in total. The summed E-state index contributed by atoms with van der Waals surface area (Å²) >= 11 is 5.97. The number of carbonyl (C=O) groups is 1. The molecular weight excluding hydrogens is 526 g/mol. The fraction of sp³-hybridized carbons (Fsp3) is 0.138. The van der Waals surface area contributed by atoms with Crippen molar-refractivity contribution < 1.29 is 28.2 Å². The van der Waals surface area contributed by atoms with Gasteiger partial charge in [0.1, 0.15) is 17.1 Å². The molecule has 1 atom stereocenters. The molecule has 0 radical (unpaired) electrons. The van der Waals surface area contributed by atoms with E-state index in [4.69, 9.17) is 16.3 Å². The number of aliphatic hydroxyl groups is 1. The van der Waals surface area contributed by atoms with Crippen LogP contribution in [0.15, 0.2) is 107 Å². The zero-order valence-corrected chi connectivity index (χ0v) is 21.8. The Labute approximate surface area is 226 Å². The molecule has 0 spiro atoms. The first-order valence-corrected chi connectivity index (χ1v) is 13.7. The van der Waals surface area contributed by atoms with Gasteiger partial charge < -0.3 is 20.3 Å². The molecule has 0 saturated carbocycles. The second-order valence-electron chi connectivity index (χ2n) is 8.55. The van der Waals surface area contributed by atoms with E-state index < -0.39 is 21.9 Å². The lowest BCUT2D eigenvalue weighted by Gasteiger charge is -2.13. The number of nitrogens with one attached hydrogen (secondary N) is 1. The normalized spacial score (nSPS) is 12.2. The summed E-state index contributed by atoms with van der Waals surface area (Å²) in [6.45, 7) is 0.961. The Balaban J connectivity index is 1.38. The molecule has 0 saturated heterocycles. The average molecular weight is 552 g/mol. The Morgan fingerprint density at radius 1 is 0.895 bits per heavy atom. The first kappa shape index (κ1) is 27.3. The Hall–Kier alpha value is -3.69. The largest absolute Gasteiger partial charge is 0.478 e. The second kappa shape index (κ2) is 12.2. The van der Waals surface area contributed by atoms with Gasteiger partial charge in [-0.15, -0.1) is 0 Å². The fourth-order valence-corrected chi connectivity index (χ4v) is 5.33. The predicted octanol–water partition coefficient (Wildman–Crippen LogP) is 5.53. The van der Waals surface area contributed by atoms with Crippen LogP contribution in [0.1, 0.15) is 27.6 Å². The number of hydrogen-bond acceptors (Lipinski definition) is 6. The second-order valence-corrected chi connectivity index (χ2v) is 10.9. The van der Waals surface area contributed by atoms with E-state index in [0.29, 0.717) is 24.5 Å². The number of aliphatic hydroxyl groups excluding tert-OH is 1. The number of aromatic carboxylic acids is 1. The summed E-state index contributed by atoms with van der Waals surface area (Å²) in [5, 5.41) is 23.4. The summed E-state index contributed by atoms with van der Waals surface area (Å²) in [4.78, 5) is 11.6. The Kier molecular flexibility index (Phi) is 8.81. The van der Waals surface area contributed by atoms with E-state index in [9.17, 15) is 23.4 Å². The molecule has 0 heterocycles. The van der Waals surface area contributed by atoms with Crippen LogP contribution in [0.25, 0.3) is 0 Å². The van der Waals surface area contributed by atoms with Crippen molar-refractivity contribution in [3.63, 3.8) is 0 Å². The molecule has 0 amide bonds. The van der Waals surface area contributed by atoms with Gasteiger partial charge in [0.2, 0.25) is 9.84 Å². The van der Waals surface area contributed by atoms with Gasteiger partial charge in [-0.05, 0) is 78.7 Å². The topological polar surface area (TPSA) is 113 Å². The highest BCUT2D eigenvalue weighted by Gasteiger charge is 2.19. The summed E-state index contributed by atoms with van der Waals surface area (Å²) < 4.78 is 32.1. The number of benzene rings is 4. The minimum atomic E-state index is -3.82. The minimum Gasteiger partial charge on any atom is -0.478 e. The molecule has 0 fully saturated rings. The predicted molar refractivity (Wildman–Crippen MR) is 145 cm³/mol. The molecule has 0 unspecified atom stereocenters. The first-order valence-electron chi connectivity index (χ1n) is 11.8. The highest BCUT2D eigenvalue weighted by molar-refractivity contribution is 7.91. The van der Waals surface area contributed by atoms with Crippen molar-refractivity contribution in [3.05, 3.63) is 119 Å². The molecule has 3 N–H and O–H groups in total. The highest BCUT2D eigenvalue weighted by Crippen LogP contribution is 2.29. The highest BCUT2D eigenvalue weighted by atomic mass is 35.5. The standard InChI is InChI=1S/C29H26ClNO6S/c30-22-6-3-5-21(17-22)27(32)19-31-16-15-20-11-13-24(14-12-20)38(35,36)25-8-4-7-23(18-25)37-28-10-2-1-9-26(28)29(33)34/h1-14,17-18,27,31-32H,15-16,19H2,(H,33,34)/t27-/m0/s1. The van der Waals surface area contributed by atoms with Crippen molar-refractivity contribution in [2.24, 2.45) is 0 Å². The van der Waals surface area contributed by atoms with Crippen LogP contribution in [0.5, 0.6) is 11.5 Å². The lowest BCUT2D eigenvalue weighted by molar-refractivity contribution is 0.0694. The van der Waals surface area contributed by atoms with Crippen molar-refractivity contribution in [1.82, 2.24) is 5.32 Å². The van der Waals surface area contributed by atoms with Gasteiger partial charge in [0.25, 0.3) is 0 Å². The maximum absolute atomic E-state index is 13.2. The molecular formula is C29H26ClNO6S. The van der Waals surface area contributed by atoms with Crippen LogP contribution in [0, 0.1) is 0 Å². The van der Waals surface area contributed by atoms with Crippen molar-refractivity contribution >= 4 is 27.4 Å². The Morgan fingerprint density at radius 2 is 1.63 bits per heavy atom. The number of carboxylic acid groups (broad SMARTS) is 1. The quantitative estimate of drug-likeness (QED) is 0.210. The van der Waals surface area contributed by atoms with E-state index in [2.05, 4.69) is 5.32 Å². The first-order chi connectivity index (χ1) is 18.2. The van der Waals surface area contributed by atoms with Gasteiger partial charge >= 0.3 is 5.97 Å². The molecule has 4 aromatic rings. The Morgan fingerprint density at radius 3 is 2.37 bits per heavy atom.